The van der Waals surface area contributed by atoms with Gasteiger partial charge in [0.25, 0.3) is 0 Å². The van der Waals surface area contributed by atoms with Crippen LogP contribution in [-0.2, 0) is 6.54 Å². The van der Waals surface area contributed by atoms with E-state index in [4.69, 9.17) is 16.1 Å². The van der Waals surface area contributed by atoms with Crippen LogP contribution < -0.4 is 5.32 Å². The second-order valence-electron chi connectivity index (χ2n) is 7.70. The quantitative estimate of drug-likeness (QED) is 0.450. The number of hydrogen-bond acceptors (Lipinski definition) is 5. The Morgan fingerprint density at radius 1 is 1.10 bits per heavy atom. The predicted octanol–water partition coefficient (Wildman–Crippen LogP) is 5.46. The van der Waals surface area contributed by atoms with Gasteiger partial charge in [-0.25, -0.2) is 0 Å². The molecule has 4 aromatic rings. The van der Waals surface area contributed by atoms with Crippen molar-refractivity contribution in [2.45, 2.75) is 19.1 Å². The van der Waals surface area contributed by atoms with E-state index in [1.165, 1.54) is 0 Å². The zero-order chi connectivity index (χ0) is 20.5. The molecule has 1 aromatic heterocycles. The highest BCUT2D eigenvalue weighted by Gasteiger charge is 2.20. The van der Waals surface area contributed by atoms with Crippen molar-refractivity contribution in [3.8, 4) is 11.1 Å². The molecule has 0 amide bonds. The van der Waals surface area contributed by atoms with E-state index in [0.717, 1.165) is 59.4 Å². The van der Waals surface area contributed by atoms with E-state index in [0.29, 0.717) is 10.8 Å². The Kier molecular flexibility index (Phi) is 5.17. The molecule has 1 unspecified atom stereocenters. The van der Waals surface area contributed by atoms with E-state index in [1.54, 1.807) is 0 Å². The summed E-state index contributed by atoms with van der Waals surface area (Å²) in [4.78, 5) is 2.25. The lowest BCUT2D eigenvalue weighted by Gasteiger charge is -2.14. The lowest BCUT2D eigenvalue weighted by atomic mass is 10.0. The third-order valence-electron chi connectivity index (χ3n) is 5.53. The van der Waals surface area contributed by atoms with Gasteiger partial charge in [0.2, 0.25) is 0 Å². The van der Waals surface area contributed by atoms with Gasteiger partial charge in [-0.1, -0.05) is 65.3 Å². The molecular weight excluding hydrogens is 398 g/mol. The van der Waals surface area contributed by atoms with Gasteiger partial charge in [-0.3, -0.25) is 4.90 Å². The molecule has 5 rings (SSSR count). The van der Waals surface area contributed by atoms with Crippen molar-refractivity contribution in [1.29, 1.82) is 0 Å². The van der Waals surface area contributed by atoms with Crippen LogP contribution in [0.1, 0.15) is 12.0 Å². The minimum absolute atomic E-state index is 0.216. The highest BCUT2D eigenvalue weighted by atomic mass is 35.5. The summed E-state index contributed by atoms with van der Waals surface area (Å²) in [6.45, 7) is 2.43. The van der Waals surface area contributed by atoms with Crippen LogP contribution in [0.2, 0.25) is 5.02 Å². The Balaban J connectivity index is 1.40. The number of β-amino-alcohol motifs (C(OH)–C–C–N with tert-alkyl or cyclic N) is 1. The number of nitrogens with zero attached hydrogens (tertiary/aromatic N) is 2. The minimum atomic E-state index is -0.216. The fourth-order valence-corrected chi connectivity index (χ4v) is 4.26. The smallest absolute Gasteiger partial charge is 0.181 e. The first-order valence-corrected chi connectivity index (χ1v) is 10.4. The first-order chi connectivity index (χ1) is 14.7. The highest BCUT2D eigenvalue weighted by Crippen LogP contribution is 2.36. The van der Waals surface area contributed by atoms with Gasteiger partial charge >= 0.3 is 0 Å². The van der Waals surface area contributed by atoms with Crippen LogP contribution in [0, 0.1) is 0 Å². The summed E-state index contributed by atoms with van der Waals surface area (Å²) in [5.41, 5.74) is 4.68. The first kappa shape index (κ1) is 19.1. The number of nitrogens with one attached hydrogen (secondary N) is 1. The summed E-state index contributed by atoms with van der Waals surface area (Å²) in [5, 5.41) is 18.8. The summed E-state index contributed by atoms with van der Waals surface area (Å²) in [6.07, 6.45) is 0.618. The van der Waals surface area contributed by atoms with Crippen molar-refractivity contribution in [3.63, 3.8) is 0 Å². The number of likely N-dealkylation sites (tertiary alicyclic amines) is 1. The SMILES string of the molecule is OC1CCN(Cc2ccc3c(Nc4cccc(-c5ccccc5)c4Cl)noc3c2)C1. The van der Waals surface area contributed by atoms with Gasteiger partial charge in [-0.2, -0.15) is 0 Å². The number of aliphatic hydroxyl groups excluding tert-OH is 1. The molecule has 0 radical (unpaired) electrons. The number of aromatic nitrogens is 1. The molecule has 0 aliphatic carbocycles. The third-order valence-corrected chi connectivity index (χ3v) is 5.93. The van der Waals surface area contributed by atoms with Crippen LogP contribution in [0.3, 0.4) is 0 Å². The standard InChI is InChI=1S/C24H22ClN3O2/c25-23-19(17-5-2-1-3-6-17)7-4-8-21(23)26-24-20-10-9-16(13-22(20)30-27-24)14-28-12-11-18(29)15-28/h1-10,13,18,29H,11-12,14-15H2,(H,26,27). The molecular formula is C24H22ClN3O2. The van der Waals surface area contributed by atoms with E-state index in [9.17, 15) is 5.11 Å². The topological polar surface area (TPSA) is 61.5 Å². The van der Waals surface area contributed by atoms with Crippen LogP contribution in [0.5, 0.6) is 0 Å². The van der Waals surface area contributed by atoms with Crippen LogP contribution in [0.25, 0.3) is 22.1 Å². The van der Waals surface area contributed by atoms with Gasteiger partial charge in [-0.05, 0) is 35.7 Å². The molecule has 5 nitrogen and oxygen atoms in total. The van der Waals surface area contributed by atoms with Gasteiger partial charge < -0.3 is 14.9 Å². The summed E-state index contributed by atoms with van der Waals surface area (Å²) in [5.74, 6) is 0.639. The predicted molar refractivity (Wildman–Crippen MR) is 120 cm³/mol. The van der Waals surface area contributed by atoms with E-state index in [1.807, 2.05) is 60.7 Å². The Hall–Kier alpha value is -2.86. The molecule has 1 aliphatic heterocycles. The highest BCUT2D eigenvalue weighted by molar-refractivity contribution is 6.36. The van der Waals surface area contributed by atoms with Crippen LogP contribution >= 0.6 is 11.6 Å². The molecule has 1 atom stereocenters. The molecule has 0 saturated carbocycles. The number of halogens is 1. The Morgan fingerprint density at radius 3 is 2.77 bits per heavy atom. The van der Waals surface area contributed by atoms with Gasteiger partial charge in [0, 0.05) is 25.2 Å². The number of fused-ring (bicyclic) bond motifs is 1. The van der Waals surface area contributed by atoms with Crippen molar-refractivity contribution in [2.75, 3.05) is 18.4 Å². The maximum atomic E-state index is 9.72. The van der Waals surface area contributed by atoms with Crippen molar-refractivity contribution >= 4 is 34.1 Å². The average Bonchev–Trinajstić information content (AvgIpc) is 3.36. The molecule has 2 heterocycles. The van der Waals surface area contributed by atoms with Gasteiger partial charge in [0.15, 0.2) is 11.4 Å². The fourth-order valence-electron chi connectivity index (χ4n) is 3.98. The average molecular weight is 420 g/mol. The molecule has 1 aliphatic rings. The molecule has 1 saturated heterocycles. The second kappa shape index (κ2) is 8.11. The van der Waals surface area contributed by atoms with E-state index >= 15 is 0 Å². The summed E-state index contributed by atoms with van der Waals surface area (Å²) in [7, 11) is 0. The molecule has 6 heteroatoms. The van der Waals surface area contributed by atoms with Crippen LogP contribution in [-0.4, -0.2) is 34.4 Å². The first-order valence-electron chi connectivity index (χ1n) is 10.1. The summed E-state index contributed by atoms with van der Waals surface area (Å²) in [6, 6.07) is 22.1. The lowest BCUT2D eigenvalue weighted by Crippen LogP contribution is -2.21. The zero-order valence-electron chi connectivity index (χ0n) is 16.4. The van der Waals surface area contributed by atoms with Crippen molar-refractivity contribution in [2.24, 2.45) is 0 Å². The van der Waals surface area contributed by atoms with E-state index in [2.05, 4.69) is 21.4 Å². The Bertz CT molecular complexity index is 1180. The molecule has 0 spiro atoms. The maximum Gasteiger partial charge on any atom is 0.181 e. The van der Waals surface area contributed by atoms with Crippen molar-refractivity contribution in [3.05, 3.63) is 77.3 Å². The fraction of sp³-hybridized carbons (Fsp3) is 0.208. The Labute approximate surface area is 179 Å². The maximum absolute atomic E-state index is 9.72. The van der Waals surface area contributed by atoms with E-state index in [-0.39, 0.29) is 6.10 Å². The molecule has 30 heavy (non-hydrogen) atoms. The van der Waals surface area contributed by atoms with Gasteiger partial charge in [0.1, 0.15) is 0 Å². The van der Waals surface area contributed by atoms with Crippen LogP contribution in [0.15, 0.2) is 71.3 Å². The minimum Gasteiger partial charge on any atom is -0.392 e. The molecule has 1 fully saturated rings. The second-order valence-corrected chi connectivity index (χ2v) is 8.08. The largest absolute Gasteiger partial charge is 0.392 e. The molecule has 2 N–H and O–H groups in total. The van der Waals surface area contributed by atoms with Gasteiger partial charge in [0.05, 0.1) is 22.2 Å². The van der Waals surface area contributed by atoms with Crippen molar-refractivity contribution < 1.29 is 9.63 Å². The van der Waals surface area contributed by atoms with Gasteiger partial charge in [-0.15, -0.1) is 0 Å². The summed E-state index contributed by atoms with van der Waals surface area (Å²) < 4.78 is 5.58. The van der Waals surface area contributed by atoms with Crippen LogP contribution in [0.4, 0.5) is 11.5 Å². The normalized spacial score (nSPS) is 16.9. The Morgan fingerprint density at radius 2 is 1.97 bits per heavy atom. The zero-order valence-corrected chi connectivity index (χ0v) is 17.1. The lowest BCUT2D eigenvalue weighted by molar-refractivity contribution is 0.175. The number of benzene rings is 3. The third kappa shape index (κ3) is 3.79. The van der Waals surface area contributed by atoms with E-state index < -0.39 is 0 Å². The number of anilines is 2. The molecule has 152 valence electrons. The monoisotopic (exact) mass is 419 g/mol. The number of rotatable bonds is 5. The van der Waals surface area contributed by atoms with Crippen molar-refractivity contribution in [1.82, 2.24) is 10.1 Å². The number of hydrogen-bond donors (Lipinski definition) is 2. The summed E-state index contributed by atoms with van der Waals surface area (Å²) >= 11 is 6.70. The molecule has 0 bridgehead atoms. The molecule has 3 aromatic carbocycles. The number of aliphatic hydroxyl groups is 1.